The number of anilines is 1. The van der Waals surface area contributed by atoms with Gasteiger partial charge in [0.05, 0.1) is 16.8 Å². The summed E-state index contributed by atoms with van der Waals surface area (Å²) < 4.78 is 27.6. The van der Waals surface area contributed by atoms with E-state index in [9.17, 15) is 13.6 Å². The van der Waals surface area contributed by atoms with Crippen LogP contribution in [0.25, 0.3) is 11.0 Å². The molecule has 0 bridgehead atoms. The second kappa shape index (κ2) is 9.54. The molecule has 0 spiro atoms. The van der Waals surface area contributed by atoms with Crippen LogP contribution >= 0.6 is 11.8 Å². The van der Waals surface area contributed by atoms with Gasteiger partial charge in [-0.3, -0.25) is 9.36 Å². The summed E-state index contributed by atoms with van der Waals surface area (Å²) in [6.07, 6.45) is 0.789. The molecule has 1 aromatic heterocycles. The largest absolute Gasteiger partial charge is 0.375 e. The van der Waals surface area contributed by atoms with E-state index in [1.54, 1.807) is 24.3 Å². The number of thioether (sulfide) groups is 1. The van der Waals surface area contributed by atoms with Crippen molar-refractivity contribution in [2.75, 3.05) is 30.8 Å². The Hall–Kier alpha value is -2.61. The first-order valence-corrected chi connectivity index (χ1v) is 9.95. The molecule has 0 atom stereocenters. The smallest absolute Gasteiger partial charge is 0.321 e. The van der Waals surface area contributed by atoms with Crippen molar-refractivity contribution in [2.24, 2.45) is 0 Å². The summed E-state index contributed by atoms with van der Waals surface area (Å²) in [6.45, 7) is -1.37. The summed E-state index contributed by atoms with van der Waals surface area (Å²) >= 11 is 1.02. The third kappa shape index (κ3) is 5.01. The first kappa shape index (κ1) is 20.1. The second-order valence-corrected chi connectivity index (χ2v) is 7.22. The van der Waals surface area contributed by atoms with E-state index < -0.39 is 6.55 Å². The van der Waals surface area contributed by atoms with Gasteiger partial charge in [-0.2, -0.15) is 8.78 Å². The van der Waals surface area contributed by atoms with Crippen molar-refractivity contribution in [1.82, 2.24) is 14.9 Å². The number of alkyl halides is 2. The zero-order valence-electron chi connectivity index (χ0n) is 15.5. The standard InChI is InChI=1S/C20H22F2N4OS/c1-25(15-8-3-2-4-9-15)13-7-12-23-18(27)14-28-20-24-16-10-5-6-11-17(16)26(20)19(21)22/h2-6,8-11,19H,7,12-14H2,1H3,(H,23,27). The molecular formula is C20H22F2N4OS. The van der Waals surface area contributed by atoms with E-state index in [1.165, 1.54) is 0 Å². The molecule has 1 N–H and O–H groups in total. The number of aromatic nitrogens is 2. The maximum atomic E-state index is 13.4. The Labute approximate surface area is 166 Å². The first-order chi connectivity index (χ1) is 13.6. The van der Waals surface area contributed by atoms with Crippen molar-refractivity contribution in [1.29, 1.82) is 0 Å². The van der Waals surface area contributed by atoms with Gasteiger partial charge in [-0.1, -0.05) is 42.1 Å². The molecule has 8 heteroatoms. The molecule has 1 heterocycles. The number of para-hydroxylation sites is 3. The number of carbonyl (C=O) groups excluding carboxylic acids is 1. The summed E-state index contributed by atoms with van der Waals surface area (Å²) in [7, 11) is 2.00. The summed E-state index contributed by atoms with van der Waals surface area (Å²) in [4.78, 5) is 18.4. The summed E-state index contributed by atoms with van der Waals surface area (Å²) in [5, 5.41) is 2.98. The third-order valence-corrected chi connectivity index (χ3v) is 5.23. The van der Waals surface area contributed by atoms with Gasteiger partial charge in [0.1, 0.15) is 0 Å². The van der Waals surface area contributed by atoms with E-state index in [0.717, 1.165) is 35.0 Å². The number of benzene rings is 2. The van der Waals surface area contributed by atoms with Crippen LogP contribution in [0.2, 0.25) is 0 Å². The highest BCUT2D eigenvalue weighted by atomic mass is 32.2. The maximum absolute atomic E-state index is 13.4. The predicted molar refractivity (Wildman–Crippen MR) is 109 cm³/mol. The Kier molecular flexibility index (Phi) is 6.86. The monoisotopic (exact) mass is 404 g/mol. The van der Waals surface area contributed by atoms with Crippen molar-refractivity contribution in [2.45, 2.75) is 18.1 Å². The molecule has 0 saturated carbocycles. The van der Waals surface area contributed by atoms with Gasteiger partial charge in [0.25, 0.3) is 0 Å². The number of fused-ring (bicyclic) bond motifs is 1. The van der Waals surface area contributed by atoms with E-state index in [4.69, 9.17) is 0 Å². The molecule has 3 aromatic rings. The average molecular weight is 404 g/mol. The van der Waals surface area contributed by atoms with Gasteiger partial charge in [0.2, 0.25) is 5.91 Å². The van der Waals surface area contributed by atoms with Gasteiger partial charge < -0.3 is 10.2 Å². The fraction of sp³-hybridized carbons (Fsp3) is 0.300. The minimum atomic E-state index is -2.70. The van der Waals surface area contributed by atoms with Gasteiger partial charge in [0.15, 0.2) is 5.16 Å². The molecule has 148 valence electrons. The van der Waals surface area contributed by atoms with Gasteiger partial charge in [-0.05, 0) is 30.7 Å². The van der Waals surface area contributed by atoms with Crippen LogP contribution in [0, 0.1) is 0 Å². The van der Waals surface area contributed by atoms with Crippen molar-refractivity contribution < 1.29 is 13.6 Å². The van der Waals surface area contributed by atoms with Crippen molar-refractivity contribution in [3.05, 3.63) is 54.6 Å². The van der Waals surface area contributed by atoms with Crippen molar-refractivity contribution in [3.8, 4) is 0 Å². The molecule has 0 unspecified atom stereocenters. The molecule has 0 fully saturated rings. The number of hydrogen-bond acceptors (Lipinski definition) is 4. The topological polar surface area (TPSA) is 50.2 Å². The molecule has 5 nitrogen and oxygen atoms in total. The number of halogens is 2. The highest BCUT2D eigenvalue weighted by Crippen LogP contribution is 2.28. The Morgan fingerprint density at radius 1 is 1.18 bits per heavy atom. The fourth-order valence-corrected chi connectivity index (χ4v) is 3.69. The second-order valence-electron chi connectivity index (χ2n) is 6.28. The number of amides is 1. The van der Waals surface area contributed by atoms with Crippen molar-refractivity contribution >= 4 is 34.4 Å². The van der Waals surface area contributed by atoms with Crippen LogP contribution in [0.1, 0.15) is 13.0 Å². The SMILES string of the molecule is CN(CCCNC(=O)CSc1nc2ccccc2n1C(F)F)c1ccccc1. The van der Waals surface area contributed by atoms with Crippen LogP contribution in [-0.4, -0.2) is 41.3 Å². The summed E-state index contributed by atoms with van der Waals surface area (Å²) in [6, 6.07) is 16.7. The van der Waals surface area contributed by atoms with Crippen LogP contribution in [0.15, 0.2) is 59.8 Å². The molecule has 2 aromatic carbocycles. The predicted octanol–water partition coefficient (Wildman–Crippen LogP) is 4.17. The molecule has 3 rings (SSSR count). The maximum Gasteiger partial charge on any atom is 0.321 e. The van der Waals surface area contributed by atoms with Crippen LogP contribution in [0.5, 0.6) is 0 Å². The van der Waals surface area contributed by atoms with Gasteiger partial charge in [-0.25, -0.2) is 4.98 Å². The minimum absolute atomic E-state index is 0.0462. The van der Waals surface area contributed by atoms with Gasteiger partial charge in [0, 0.05) is 25.8 Å². The van der Waals surface area contributed by atoms with E-state index in [2.05, 4.69) is 15.2 Å². The van der Waals surface area contributed by atoms with Crippen LogP contribution in [-0.2, 0) is 4.79 Å². The van der Waals surface area contributed by atoms with Gasteiger partial charge >= 0.3 is 6.55 Å². The molecule has 1 amide bonds. The molecule has 0 radical (unpaired) electrons. The Morgan fingerprint density at radius 2 is 1.89 bits per heavy atom. The summed E-state index contributed by atoms with van der Waals surface area (Å²) in [5.74, 6) is -0.148. The van der Waals surface area contributed by atoms with Crippen LogP contribution < -0.4 is 10.2 Å². The van der Waals surface area contributed by atoms with Crippen molar-refractivity contribution in [3.63, 3.8) is 0 Å². The number of nitrogens with one attached hydrogen (secondary N) is 1. The zero-order chi connectivity index (χ0) is 19.9. The lowest BCUT2D eigenvalue weighted by Crippen LogP contribution is -2.29. The Balaban J connectivity index is 1.46. The number of imidazole rings is 1. The molecule has 0 aliphatic carbocycles. The quantitative estimate of drug-likeness (QED) is 0.430. The number of carbonyl (C=O) groups is 1. The minimum Gasteiger partial charge on any atom is -0.375 e. The van der Waals surface area contributed by atoms with E-state index >= 15 is 0 Å². The first-order valence-electron chi connectivity index (χ1n) is 8.97. The highest BCUT2D eigenvalue weighted by molar-refractivity contribution is 7.99. The zero-order valence-corrected chi connectivity index (χ0v) is 16.3. The van der Waals surface area contributed by atoms with E-state index in [-0.39, 0.29) is 16.8 Å². The highest BCUT2D eigenvalue weighted by Gasteiger charge is 2.18. The van der Waals surface area contributed by atoms with E-state index in [1.807, 2.05) is 37.4 Å². The summed E-state index contributed by atoms with van der Waals surface area (Å²) in [5.41, 5.74) is 1.98. The molecule has 28 heavy (non-hydrogen) atoms. The Bertz CT molecular complexity index is 917. The normalized spacial score (nSPS) is 11.1. The van der Waals surface area contributed by atoms with E-state index in [0.29, 0.717) is 17.6 Å². The Morgan fingerprint density at radius 3 is 2.64 bits per heavy atom. The lowest BCUT2D eigenvalue weighted by Gasteiger charge is -2.19. The molecular weight excluding hydrogens is 382 g/mol. The average Bonchev–Trinajstić information content (AvgIpc) is 3.09. The lowest BCUT2D eigenvalue weighted by atomic mass is 10.3. The molecule has 0 aliphatic heterocycles. The van der Waals surface area contributed by atoms with Crippen LogP contribution in [0.4, 0.5) is 14.5 Å². The van der Waals surface area contributed by atoms with Crippen LogP contribution in [0.3, 0.4) is 0 Å². The number of rotatable bonds is 9. The molecule has 0 aliphatic rings. The lowest BCUT2D eigenvalue weighted by molar-refractivity contribution is -0.118. The number of hydrogen-bond donors (Lipinski definition) is 1. The number of nitrogens with zero attached hydrogens (tertiary/aromatic N) is 3. The van der Waals surface area contributed by atoms with Gasteiger partial charge in [-0.15, -0.1) is 0 Å². The third-order valence-electron chi connectivity index (χ3n) is 4.28. The fourth-order valence-electron chi connectivity index (χ4n) is 2.85. The molecule has 0 saturated heterocycles.